The minimum absolute atomic E-state index is 0.905. The van der Waals surface area contributed by atoms with E-state index in [1.54, 1.807) is 6.33 Å². The van der Waals surface area contributed by atoms with Crippen LogP contribution in [0.15, 0.2) is 30.6 Å². The predicted molar refractivity (Wildman–Crippen MR) is 71.5 cm³/mol. The standard InChI is InChI=1S/C13H17N5/c1-17-10-15-16-13(17)11-2-4-12(5-3-11)18-8-6-14-7-9-18/h2-5,10,14H,6-9H2,1H3. The summed E-state index contributed by atoms with van der Waals surface area (Å²) >= 11 is 0. The van der Waals surface area contributed by atoms with Gasteiger partial charge < -0.3 is 14.8 Å². The molecular formula is C13H17N5. The fraction of sp³-hybridized carbons (Fsp3) is 0.385. The van der Waals surface area contributed by atoms with E-state index in [2.05, 4.69) is 44.7 Å². The van der Waals surface area contributed by atoms with Crippen molar-refractivity contribution in [2.75, 3.05) is 31.1 Å². The maximum Gasteiger partial charge on any atom is 0.163 e. The van der Waals surface area contributed by atoms with Crippen LogP contribution in [0.5, 0.6) is 0 Å². The van der Waals surface area contributed by atoms with Crippen LogP contribution in [-0.4, -0.2) is 40.9 Å². The zero-order chi connectivity index (χ0) is 12.4. The Morgan fingerprint density at radius 2 is 1.83 bits per heavy atom. The van der Waals surface area contributed by atoms with Gasteiger partial charge in [-0.25, -0.2) is 0 Å². The molecule has 1 fully saturated rings. The molecule has 2 aromatic rings. The monoisotopic (exact) mass is 243 g/mol. The van der Waals surface area contributed by atoms with Gasteiger partial charge in [-0.3, -0.25) is 0 Å². The molecule has 0 aliphatic carbocycles. The first kappa shape index (κ1) is 11.2. The van der Waals surface area contributed by atoms with Crippen LogP contribution in [0.4, 0.5) is 5.69 Å². The van der Waals surface area contributed by atoms with Gasteiger partial charge in [-0.1, -0.05) is 0 Å². The lowest BCUT2D eigenvalue weighted by molar-refractivity contribution is 0.589. The van der Waals surface area contributed by atoms with Gasteiger partial charge in [0, 0.05) is 44.5 Å². The normalized spacial score (nSPS) is 15.9. The zero-order valence-electron chi connectivity index (χ0n) is 10.5. The minimum Gasteiger partial charge on any atom is -0.369 e. The number of piperazine rings is 1. The second kappa shape index (κ2) is 4.78. The zero-order valence-corrected chi connectivity index (χ0v) is 10.5. The van der Waals surface area contributed by atoms with Crippen molar-refractivity contribution in [1.82, 2.24) is 20.1 Å². The highest BCUT2D eigenvalue weighted by molar-refractivity contribution is 5.60. The number of hydrogen-bond donors (Lipinski definition) is 1. The average molecular weight is 243 g/mol. The third kappa shape index (κ3) is 2.09. The molecule has 0 unspecified atom stereocenters. The van der Waals surface area contributed by atoms with Crippen LogP contribution < -0.4 is 10.2 Å². The van der Waals surface area contributed by atoms with Gasteiger partial charge in [-0.2, -0.15) is 0 Å². The number of hydrogen-bond acceptors (Lipinski definition) is 4. The summed E-state index contributed by atoms with van der Waals surface area (Å²) in [7, 11) is 1.96. The molecule has 1 aromatic carbocycles. The number of anilines is 1. The summed E-state index contributed by atoms with van der Waals surface area (Å²) in [6.45, 7) is 4.27. The Bertz CT molecular complexity index is 510. The van der Waals surface area contributed by atoms with Gasteiger partial charge in [0.1, 0.15) is 6.33 Å². The first-order valence-corrected chi connectivity index (χ1v) is 6.25. The molecule has 5 heteroatoms. The maximum atomic E-state index is 4.12. The Morgan fingerprint density at radius 1 is 1.11 bits per heavy atom. The fourth-order valence-electron chi connectivity index (χ4n) is 2.29. The number of nitrogens with zero attached hydrogens (tertiary/aromatic N) is 4. The lowest BCUT2D eigenvalue weighted by atomic mass is 10.1. The van der Waals surface area contributed by atoms with Crippen molar-refractivity contribution >= 4 is 5.69 Å². The fourth-order valence-corrected chi connectivity index (χ4v) is 2.29. The Hall–Kier alpha value is -1.88. The van der Waals surface area contributed by atoms with Crippen molar-refractivity contribution in [1.29, 1.82) is 0 Å². The van der Waals surface area contributed by atoms with Crippen molar-refractivity contribution in [3.8, 4) is 11.4 Å². The van der Waals surface area contributed by atoms with E-state index in [0.29, 0.717) is 0 Å². The molecule has 0 bridgehead atoms. The van der Waals surface area contributed by atoms with E-state index >= 15 is 0 Å². The Balaban J connectivity index is 1.82. The number of nitrogens with one attached hydrogen (secondary N) is 1. The van der Waals surface area contributed by atoms with Crippen LogP contribution in [0.2, 0.25) is 0 Å². The Morgan fingerprint density at radius 3 is 2.44 bits per heavy atom. The summed E-state index contributed by atoms with van der Waals surface area (Å²) in [5.74, 6) is 0.905. The van der Waals surface area contributed by atoms with Crippen LogP contribution in [0.3, 0.4) is 0 Å². The summed E-state index contributed by atoms with van der Waals surface area (Å²) in [4.78, 5) is 2.40. The third-order valence-corrected chi connectivity index (χ3v) is 3.32. The van der Waals surface area contributed by atoms with E-state index in [-0.39, 0.29) is 0 Å². The van der Waals surface area contributed by atoms with E-state index in [1.165, 1.54) is 5.69 Å². The maximum absolute atomic E-state index is 4.12. The number of rotatable bonds is 2. The third-order valence-electron chi connectivity index (χ3n) is 3.32. The predicted octanol–water partition coefficient (Wildman–Crippen LogP) is 0.892. The molecule has 0 spiro atoms. The first-order chi connectivity index (χ1) is 8.84. The molecule has 18 heavy (non-hydrogen) atoms. The average Bonchev–Trinajstić information content (AvgIpc) is 2.86. The van der Waals surface area contributed by atoms with Gasteiger partial charge >= 0.3 is 0 Å². The molecule has 5 nitrogen and oxygen atoms in total. The summed E-state index contributed by atoms with van der Waals surface area (Å²) in [6, 6.07) is 8.55. The minimum atomic E-state index is 0.905. The molecule has 2 heterocycles. The highest BCUT2D eigenvalue weighted by atomic mass is 15.2. The lowest BCUT2D eigenvalue weighted by Gasteiger charge is -2.29. The molecule has 0 radical (unpaired) electrons. The quantitative estimate of drug-likeness (QED) is 0.851. The topological polar surface area (TPSA) is 46.0 Å². The van der Waals surface area contributed by atoms with E-state index < -0.39 is 0 Å². The molecule has 1 saturated heterocycles. The van der Waals surface area contributed by atoms with Crippen LogP contribution >= 0.6 is 0 Å². The van der Waals surface area contributed by atoms with Crippen LogP contribution in [-0.2, 0) is 7.05 Å². The molecule has 1 aliphatic heterocycles. The summed E-state index contributed by atoms with van der Waals surface area (Å²) in [5.41, 5.74) is 2.39. The van der Waals surface area contributed by atoms with Crippen LogP contribution in [0.1, 0.15) is 0 Å². The number of benzene rings is 1. The molecular weight excluding hydrogens is 226 g/mol. The van der Waals surface area contributed by atoms with Gasteiger partial charge in [0.2, 0.25) is 0 Å². The van der Waals surface area contributed by atoms with Crippen molar-refractivity contribution in [3.05, 3.63) is 30.6 Å². The molecule has 1 aliphatic rings. The largest absolute Gasteiger partial charge is 0.369 e. The van der Waals surface area contributed by atoms with Crippen LogP contribution in [0, 0.1) is 0 Å². The van der Waals surface area contributed by atoms with E-state index in [0.717, 1.165) is 37.6 Å². The van der Waals surface area contributed by atoms with E-state index in [1.807, 2.05) is 11.6 Å². The molecule has 3 rings (SSSR count). The van der Waals surface area contributed by atoms with Crippen molar-refractivity contribution in [2.24, 2.45) is 7.05 Å². The molecule has 1 N–H and O–H groups in total. The number of aromatic nitrogens is 3. The van der Waals surface area contributed by atoms with Crippen molar-refractivity contribution in [3.63, 3.8) is 0 Å². The molecule has 1 aromatic heterocycles. The van der Waals surface area contributed by atoms with Gasteiger partial charge in [0.05, 0.1) is 0 Å². The van der Waals surface area contributed by atoms with Gasteiger partial charge in [0.25, 0.3) is 0 Å². The first-order valence-electron chi connectivity index (χ1n) is 6.25. The van der Waals surface area contributed by atoms with E-state index in [9.17, 15) is 0 Å². The van der Waals surface area contributed by atoms with E-state index in [4.69, 9.17) is 0 Å². The highest BCUT2D eigenvalue weighted by Crippen LogP contribution is 2.21. The Labute approximate surface area is 106 Å². The van der Waals surface area contributed by atoms with Crippen molar-refractivity contribution < 1.29 is 0 Å². The summed E-state index contributed by atoms with van der Waals surface area (Å²) in [6.07, 6.45) is 1.72. The molecule has 0 amide bonds. The van der Waals surface area contributed by atoms with Crippen molar-refractivity contribution in [2.45, 2.75) is 0 Å². The second-order valence-corrected chi connectivity index (χ2v) is 4.55. The molecule has 0 saturated carbocycles. The highest BCUT2D eigenvalue weighted by Gasteiger charge is 2.11. The molecule has 0 atom stereocenters. The second-order valence-electron chi connectivity index (χ2n) is 4.55. The SMILES string of the molecule is Cn1cnnc1-c1ccc(N2CCNCC2)cc1. The smallest absolute Gasteiger partial charge is 0.163 e. The van der Waals surface area contributed by atoms with Gasteiger partial charge in [-0.15, -0.1) is 10.2 Å². The Kier molecular flexibility index (Phi) is 2.98. The van der Waals surface area contributed by atoms with Gasteiger partial charge in [-0.05, 0) is 24.3 Å². The number of aryl methyl sites for hydroxylation is 1. The lowest BCUT2D eigenvalue weighted by Crippen LogP contribution is -2.43. The summed E-state index contributed by atoms with van der Waals surface area (Å²) in [5, 5.41) is 11.4. The van der Waals surface area contributed by atoms with Gasteiger partial charge in [0.15, 0.2) is 5.82 Å². The van der Waals surface area contributed by atoms with Crippen LogP contribution in [0.25, 0.3) is 11.4 Å². The summed E-state index contributed by atoms with van der Waals surface area (Å²) < 4.78 is 1.93. The molecule has 94 valence electrons.